The Morgan fingerprint density at radius 1 is 1.07 bits per heavy atom. The first-order chi connectivity index (χ1) is 13.9. The highest BCUT2D eigenvalue weighted by atomic mass is 16.5. The van der Waals surface area contributed by atoms with E-state index in [9.17, 15) is 19.8 Å². The number of methoxy groups -OCH3 is 1. The van der Waals surface area contributed by atoms with Crippen molar-refractivity contribution in [1.82, 2.24) is 5.32 Å². The Morgan fingerprint density at radius 2 is 1.79 bits per heavy atom. The van der Waals surface area contributed by atoms with Crippen molar-refractivity contribution in [2.24, 2.45) is 0 Å². The highest BCUT2D eigenvalue weighted by Crippen LogP contribution is 2.29. The van der Waals surface area contributed by atoms with Crippen LogP contribution in [0.3, 0.4) is 0 Å². The minimum absolute atomic E-state index is 0.0634. The molecule has 2 atom stereocenters. The number of carbonyl (C=O) groups is 2. The summed E-state index contributed by atoms with van der Waals surface area (Å²) >= 11 is 0. The van der Waals surface area contributed by atoms with E-state index in [4.69, 9.17) is 14.6 Å². The predicted molar refractivity (Wildman–Crippen MR) is 105 cm³/mol. The van der Waals surface area contributed by atoms with E-state index in [1.54, 1.807) is 12.1 Å². The molecular formula is C21H25NO7. The van der Waals surface area contributed by atoms with Gasteiger partial charge in [0, 0.05) is 12.1 Å². The zero-order chi connectivity index (χ0) is 21.2. The lowest BCUT2D eigenvalue weighted by Gasteiger charge is -2.21. The number of carboxylic acid groups (broad SMARTS) is 1. The number of hydrogen-bond donors (Lipinski definition) is 4. The van der Waals surface area contributed by atoms with Crippen LogP contribution in [0.4, 0.5) is 4.79 Å². The smallest absolute Gasteiger partial charge is 0.407 e. The number of ether oxygens (including phenoxy) is 2. The van der Waals surface area contributed by atoms with Crippen LogP contribution < -0.4 is 10.1 Å². The largest absolute Gasteiger partial charge is 0.496 e. The monoisotopic (exact) mass is 403 g/mol. The van der Waals surface area contributed by atoms with Crippen molar-refractivity contribution in [1.29, 1.82) is 0 Å². The maximum absolute atomic E-state index is 11.7. The van der Waals surface area contributed by atoms with E-state index >= 15 is 0 Å². The molecule has 8 nitrogen and oxygen atoms in total. The minimum Gasteiger partial charge on any atom is -0.496 e. The quantitative estimate of drug-likeness (QED) is 0.478. The molecule has 29 heavy (non-hydrogen) atoms. The number of nitrogens with one attached hydrogen (secondary N) is 1. The van der Waals surface area contributed by atoms with Crippen molar-refractivity contribution in [3.05, 3.63) is 65.2 Å². The lowest BCUT2D eigenvalue weighted by atomic mass is 9.98. The van der Waals surface area contributed by atoms with Gasteiger partial charge in [-0.2, -0.15) is 0 Å². The molecule has 1 amide bonds. The molecule has 0 fully saturated rings. The molecule has 0 bridgehead atoms. The molecule has 4 N–H and O–H groups in total. The number of amides is 1. The highest BCUT2D eigenvalue weighted by Gasteiger charge is 2.22. The summed E-state index contributed by atoms with van der Waals surface area (Å²) in [5, 5.41) is 32.2. The number of hydrogen-bond acceptors (Lipinski definition) is 6. The Labute approximate surface area is 168 Å². The second kappa shape index (κ2) is 11.0. The summed E-state index contributed by atoms with van der Waals surface area (Å²) < 4.78 is 10.3. The molecular weight excluding hydrogens is 378 g/mol. The molecule has 0 saturated heterocycles. The van der Waals surface area contributed by atoms with Crippen molar-refractivity contribution in [3.63, 3.8) is 0 Å². The van der Waals surface area contributed by atoms with Gasteiger partial charge in [0.2, 0.25) is 0 Å². The maximum atomic E-state index is 11.7. The van der Waals surface area contributed by atoms with Crippen LogP contribution >= 0.6 is 0 Å². The number of aliphatic hydroxyl groups excluding tert-OH is 2. The third kappa shape index (κ3) is 7.10. The molecule has 0 aromatic heterocycles. The summed E-state index contributed by atoms with van der Waals surface area (Å²) in [6.07, 6.45) is -3.28. The third-order valence-corrected chi connectivity index (χ3v) is 4.25. The molecule has 2 aromatic carbocycles. The first-order valence-electron chi connectivity index (χ1n) is 9.10. The standard InChI is InChI=1S/C21H25NO7/c1-28-18-8-7-15(12-19(24)25)11-16(18)20(26)17(23)9-10-22-21(27)29-13-14-5-3-2-4-6-14/h2-8,11,17,20,23,26H,9-10,12-13H2,1H3,(H,22,27)(H,24,25). The van der Waals surface area contributed by atoms with Crippen molar-refractivity contribution < 1.29 is 34.4 Å². The van der Waals surface area contributed by atoms with Gasteiger partial charge in [0.25, 0.3) is 0 Å². The van der Waals surface area contributed by atoms with Gasteiger partial charge in [0.1, 0.15) is 18.5 Å². The fraction of sp³-hybridized carbons (Fsp3) is 0.333. The second-order valence-corrected chi connectivity index (χ2v) is 6.44. The zero-order valence-electron chi connectivity index (χ0n) is 16.1. The Kier molecular flexibility index (Phi) is 8.45. The molecule has 0 aliphatic heterocycles. The molecule has 156 valence electrons. The molecule has 0 saturated carbocycles. The molecule has 0 radical (unpaired) electrons. The van der Waals surface area contributed by atoms with Crippen LogP contribution in [0.25, 0.3) is 0 Å². The number of carboxylic acids is 1. The Morgan fingerprint density at radius 3 is 2.45 bits per heavy atom. The van der Waals surface area contributed by atoms with Gasteiger partial charge >= 0.3 is 12.1 Å². The van der Waals surface area contributed by atoms with Crippen LogP contribution in [0.5, 0.6) is 5.75 Å². The molecule has 2 rings (SSSR count). The minimum atomic E-state index is -1.30. The number of aliphatic hydroxyl groups is 2. The number of carbonyl (C=O) groups excluding carboxylic acids is 1. The zero-order valence-corrected chi connectivity index (χ0v) is 16.1. The molecule has 0 aliphatic carbocycles. The molecule has 0 aliphatic rings. The third-order valence-electron chi connectivity index (χ3n) is 4.25. The summed E-state index contributed by atoms with van der Waals surface area (Å²) in [4.78, 5) is 22.6. The van der Waals surface area contributed by atoms with E-state index in [1.807, 2.05) is 30.3 Å². The summed E-state index contributed by atoms with van der Waals surface area (Å²) in [5.41, 5.74) is 1.61. The van der Waals surface area contributed by atoms with Crippen molar-refractivity contribution in [3.8, 4) is 5.75 Å². The number of rotatable bonds is 10. The summed E-state index contributed by atoms with van der Waals surface area (Å²) in [6, 6.07) is 13.8. The van der Waals surface area contributed by atoms with Gasteiger partial charge in [0.15, 0.2) is 0 Å². The van der Waals surface area contributed by atoms with E-state index < -0.39 is 24.3 Å². The fourth-order valence-corrected chi connectivity index (χ4v) is 2.76. The van der Waals surface area contributed by atoms with Gasteiger partial charge in [-0.1, -0.05) is 36.4 Å². The topological polar surface area (TPSA) is 125 Å². The van der Waals surface area contributed by atoms with Crippen LogP contribution in [-0.2, 0) is 22.6 Å². The van der Waals surface area contributed by atoms with Crippen LogP contribution in [0.15, 0.2) is 48.5 Å². The Hall–Kier alpha value is -3.10. The first-order valence-corrected chi connectivity index (χ1v) is 9.10. The van der Waals surface area contributed by atoms with Crippen molar-refractivity contribution >= 4 is 12.1 Å². The van der Waals surface area contributed by atoms with Crippen molar-refractivity contribution in [2.75, 3.05) is 13.7 Å². The summed E-state index contributed by atoms with van der Waals surface area (Å²) in [5.74, 6) is -0.671. The summed E-state index contributed by atoms with van der Waals surface area (Å²) in [6.45, 7) is 0.217. The van der Waals surface area contributed by atoms with E-state index in [1.165, 1.54) is 13.2 Å². The van der Waals surface area contributed by atoms with E-state index in [0.29, 0.717) is 11.3 Å². The van der Waals surface area contributed by atoms with Crippen LogP contribution in [0.1, 0.15) is 29.2 Å². The van der Waals surface area contributed by atoms with E-state index in [-0.39, 0.29) is 31.6 Å². The fourth-order valence-electron chi connectivity index (χ4n) is 2.76. The lowest BCUT2D eigenvalue weighted by Crippen LogP contribution is -2.30. The normalized spacial score (nSPS) is 12.7. The molecule has 0 spiro atoms. The van der Waals surface area contributed by atoms with Gasteiger partial charge in [-0.3, -0.25) is 4.79 Å². The molecule has 8 heteroatoms. The van der Waals surface area contributed by atoms with E-state index in [2.05, 4.69) is 5.32 Å². The van der Waals surface area contributed by atoms with Crippen molar-refractivity contribution in [2.45, 2.75) is 31.7 Å². The Bertz CT molecular complexity index is 810. The summed E-state index contributed by atoms with van der Waals surface area (Å²) in [7, 11) is 1.42. The second-order valence-electron chi connectivity index (χ2n) is 6.44. The number of benzene rings is 2. The van der Waals surface area contributed by atoms with Crippen LogP contribution in [0, 0.1) is 0 Å². The molecule has 2 unspecified atom stereocenters. The van der Waals surface area contributed by atoms with Gasteiger partial charge < -0.3 is 30.1 Å². The lowest BCUT2D eigenvalue weighted by molar-refractivity contribution is -0.136. The first kappa shape index (κ1) is 22.2. The van der Waals surface area contributed by atoms with Crippen LogP contribution in [0.2, 0.25) is 0 Å². The maximum Gasteiger partial charge on any atom is 0.407 e. The number of aliphatic carboxylic acids is 1. The van der Waals surface area contributed by atoms with E-state index in [0.717, 1.165) is 5.56 Å². The van der Waals surface area contributed by atoms with Crippen LogP contribution in [-0.4, -0.2) is 47.1 Å². The van der Waals surface area contributed by atoms with Gasteiger partial charge in [-0.25, -0.2) is 4.79 Å². The molecule has 0 heterocycles. The Balaban J connectivity index is 1.85. The van der Waals surface area contributed by atoms with Gasteiger partial charge in [0.05, 0.1) is 19.6 Å². The average Bonchev–Trinajstić information content (AvgIpc) is 2.72. The van der Waals surface area contributed by atoms with Gasteiger partial charge in [-0.05, 0) is 29.7 Å². The number of alkyl carbamates (subject to hydrolysis) is 1. The van der Waals surface area contributed by atoms with Gasteiger partial charge in [-0.15, -0.1) is 0 Å². The SMILES string of the molecule is COc1ccc(CC(=O)O)cc1C(O)C(O)CCNC(=O)OCc1ccccc1. The molecule has 2 aromatic rings. The predicted octanol–water partition coefficient (Wildman–Crippen LogP) is 2.03. The average molecular weight is 403 g/mol. The highest BCUT2D eigenvalue weighted by molar-refractivity contribution is 5.70.